The minimum atomic E-state index is -1.33. The van der Waals surface area contributed by atoms with E-state index in [0.29, 0.717) is 11.6 Å². The lowest BCUT2D eigenvalue weighted by Gasteiger charge is -2.32. The molecule has 0 aromatic heterocycles. The van der Waals surface area contributed by atoms with E-state index in [9.17, 15) is 29.1 Å². The van der Waals surface area contributed by atoms with Crippen LogP contribution in [0.2, 0.25) is 5.02 Å². The number of benzene rings is 2. The number of nitrogens with zero attached hydrogens (tertiary/aromatic N) is 2. The summed E-state index contributed by atoms with van der Waals surface area (Å²) in [6.07, 6.45) is -1.30. The predicted octanol–water partition coefficient (Wildman–Crippen LogP) is 2.82. The number of alkyl halides is 1. The largest absolute Gasteiger partial charge is 0.481 e. The number of aliphatic carboxylic acids is 1. The van der Waals surface area contributed by atoms with Gasteiger partial charge in [0.25, 0.3) is 5.91 Å². The van der Waals surface area contributed by atoms with Gasteiger partial charge in [0.2, 0.25) is 5.91 Å². The molecule has 4 rings (SSSR count). The number of nitrogens with one attached hydrogen (secondary N) is 4. The summed E-state index contributed by atoms with van der Waals surface area (Å²) in [7, 11) is 0. The Labute approximate surface area is 245 Å². The van der Waals surface area contributed by atoms with E-state index >= 15 is 4.39 Å². The average Bonchev–Trinajstić information content (AvgIpc) is 2.98. The number of carboxylic acids is 1. The molecular weight excluding hydrogens is 574 g/mol. The molecule has 1 unspecified atom stereocenters. The first-order valence-electron chi connectivity index (χ1n) is 13.2. The third kappa shape index (κ3) is 7.51. The van der Waals surface area contributed by atoms with Crippen LogP contribution in [0.4, 0.5) is 14.5 Å². The molecule has 14 heteroatoms. The minimum Gasteiger partial charge on any atom is -0.481 e. The second kappa shape index (κ2) is 13.6. The molecule has 0 spiro atoms. The minimum absolute atomic E-state index is 0.0149. The van der Waals surface area contributed by atoms with Crippen LogP contribution in [-0.2, 0) is 19.7 Å². The number of amides is 2. The summed E-state index contributed by atoms with van der Waals surface area (Å²) in [5, 5.41) is 30.1. The summed E-state index contributed by atoms with van der Waals surface area (Å²) < 4.78 is 34.5. The normalized spacial score (nSPS) is 18.4. The number of carbonyl (C=O) groups is 3. The maximum Gasteiger partial charge on any atom is 0.305 e. The number of ether oxygens (including phenoxy) is 1. The quantitative estimate of drug-likeness (QED) is 0.292. The molecule has 2 amide bonds. The number of carbonyl (C=O) groups excluding carboxylic acids is 2. The Morgan fingerprint density at radius 3 is 2.69 bits per heavy atom. The van der Waals surface area contributed by atoms with Crippen molar-refractivity contribution in [3.05, 3.63) is 63.9 Å². The lowest BCUT2D eigenvalue weighted by molar-refractivity contribution is -0.137. The van der Waals surface area contributed by atoms with E-state index in [-0.39, 0.29) is 60.9 Å². The average molecular weight is 603 g/mol. The summed E-state index contributed by atoms with van der Waals surface area (Å²) in [6.45, 7) is 0.0793. The van der Waals surface area contributed by atoms with E-state index in [1.54, 1.807) is 12.1 Å². The van der Waals surface area contributed by atoms with Crippen LogP contribution < -0.4 is 21.3 Å². The van der Waals surface area contributed by atoms with Crippen LogP contribution in [0.1, 0.15) is 46.8 Å². The molecule has 11 nitrogen and oxygen atoms in total. The van der Waals surface area contributed by atoms with E-state index in [2.05, 4.69) is 32.3 Å². The molecule has 222 valence electrons. The molecule has 2 aliphatic rings. The number of carboxylic acid groups (broad SMARTS) is 1. The van der Waals surface area contributed by atoms with Crippen molar-refractivity contribution in [2.24, 2.45) is 4.99 Å². The first-order chi connectivity index (χ1) is 20.1. The van der Waals surface area contributed by atoms with E-state index in [0.717, 1.165) is 0 Å². The number of guanidine groups is 1. The summed E-state index contributed by atoms with van der Waals surface area (Å²) in [5.74, 6) is -3.15. The topological polar surface area (TPSA) is 165 Å². The maximum absolute atomic E-state index is 15.9. The monoisotopic (exact) mass is 602 g/mol. The highest BCUT2D eigenvalue weighted by molar-refractivity contribution is 6.30. The van der Waals surface area contributed by atoms with Crippen LogP contribution >= 0.6 is 11.6 Å². The van der Waals surface area contributed by atoms with Gasteiger partial charge in [0, 0.05) is 40.6 Å². The van der Waals surface area contributed by atoms with Crippen molar-refractivity contribution >= 4 is 41.0 Å². The molecule has 2 heterocycles. The van der Waals surface area contributed by atoms with Crippen LogP contribution in [0.5, 0.6) is 0 Å². The molecule has 0 radical (unpaired) electrons. The van der Waals surface area contributed by atoms with E-state index in [1.165, 1.54) is 24.3 Å². The number of hydrogen-bond donors (Lipinski definition) is 5. The predicted molar refractivity (Wildman–Crippen MR) is 149 cm³/mol. The van der Waals surface area contributed by atoms with Gasteiger partial charge in [-0.05, 0) is 43.2 Å². The molecule has 1 fully saturated rings. The highest BCUT2D eigenvalue weighted by atomic mass is 35.5. The van der Waals surface area contributed by atoms with Gasteiger partial charge in [-0.2, -0.15) is 5.26 Å². The fourth-order valence-corrected chi connectivity index (χ4v) is 5.00. The molecule has 0 saturated carbocycles. The maximum atomic E-state index is 15.9. The summed E-state index contributed by atoms with van der Waals surface area (Å²) in [4.78, 5) is 41.2. The van der Waals surface area contributed by atoms with Crippen LogP contribution in [0.15, 0.2) is 41.4 Å². The number of hydrogen-bond acceptors (Lipinski definition) is 8. The van der Waals surface area contributed by atoms with E-state index in [4.69, 9.17) is 16.3 Å². The van der Waals surface area contributed by atoms with Crippen molar-refractivity contribution in [3.8, 4) is 6.07 Å². The Kier molecular flexibility index (Phi) is 9.92. The lowest BCUT2D eigenvalue weighted by atomic mass is 9.74. The molecule has 2 aromatic carbocycles. The van der Waals surface area contributed by atoms with Crippen molar-refractivity contribution in [2.75, 3.05) is 38.2 Å². The summed E-state index contributed by atoms with van der Waals surface area (Å²) in [6, 6.07) is 9.70. The van der Waals surface area contributed by atoms with Crippen molar-refractivity contribution < 1.29 is 33.0 Å². The van der Waals surface area contributed by atoms with E-state index < -0.39 is 54.2 Å². The van der Waals surface area contributed by atoms with Crippen molar-refractivity contribution in [2.45, 2.75) is 36.9 Å². The van der Waals surface area contributed by atoms with Gasteiger partial charge in [-0.25, -0.2) is 13.8 Å². The molecule has 42 heavy (non-hydrogen) atoms. The molecule has 1 saturated heterocycles. The van der Waals surface area contributed by atoms with Crippen LogP contribution in [0.3, 0.4) is 0 Å². The van der Waals surface area contributed by atoms with Crippen LogP contribution in [0, 0.1) is 17.1 Å². The van der Waals surface area contributed by atoms with Gasteiger partial charge < -0.3 is 31.1 Å². The van der Waals surface area contributed by atoms with Crippen molar-refractivity contribution in [1.29, 1.82) is 5.26 Å². The van der Waals surface area contributed by atoms with Gasteiger partial charge in [-0.15, -0.1) is 0 Å². The number of aliphatic imine (C=N–C) groups is 1. The second-order valence-corrected chi connectivity index (χ2v) is 10.4. The summed E-state index contributed by atoms with van der Waals surface area (Å²) >= 11 is 6.27. The fraction of sp³-hybridized carbons (Fsp3) is 0.393. The van der Waals surface area contributed by atoms with Crippen molar-refractivity contribution in [1.82, 2.24) is 16.0 Å². The van der Waals surface area contributed by atoms with E-state index in [1.807, 2.05) is 0 Å². The Hall–Kier alpha value is -4.28. The third-order valence-electron chi connectivity index (χ3n) is 6.97. The standard InChI is InChI=1S/C28H29ClF2N6O5/c29-17-9-20(25(31)21(10-17)28(15-32)4-6-42-7-5-28)22(11-24(39)40)37-23(38)14-33-26(41)16-2-1-3-19(8-16)36-27-34-12-18(30)13-35-27/h1-3,8-10,18,22H,4-7,11-14H2,(H,33,41)(H,37,38)(H,39,40)(H2,34,35,36)/t22-/m0/s1. The zero-order valence-corrected chi connectivity index (χ0v) is 23.1. The number of rotatable bonds is 9. The summed E-state index contributed by atoms with van der Waals surface area (Å²) in [5.41, 5.74) is -0.673. The fourth-order valence-electron chi connectivity index (χ4n) is 4.77. The molecular formula is C28H29ClF2N6O5. The van der Waals surface area contributed by atoms with Gasteiger partial charge in [-0.3, -0.25) is 14.4 Å². The van der Waals surface area contributed by atoms with Crippen LogP contribution in [0.25, 0.3) is 0 Å². The first kappa shape index (κ1) is 30.7. The molecule has 2 aromatic rings. The smallest absolute Gasteiger partial charge is 0.305 e. The lowest BCUT2D eigenvalue weighted by Crippen LogP contribution is -2.41. The van der Waals surface area contributed by atoms with Gasteiger partial charge in [0.1, 0.15) is 12.0 Å². The van der Waals surface area contributed by atoms with Gasteiger partial charge in [-0.1, -0.05) is 17.7 Å². The highest BCUT2D eigenvalue weighted by Gasteiger charge is 2.39. The number of nitriles is 1. The zero-order chi connectivity index (χ0) is 30.3. The van der Waals surface area contributed by atoms with Crippen LogP contribution in [-0.4, -0.2) is 67.9 Å². The SMILES string of the molecule is N#CC1(c2cc(Cl)cc([C@H](CC(=O)O)NC(=O)CNC(=O)c3cccc(NC4=NCC(F)CN4)c3)c2F)CCOCC1. The Morgan fingerprint density at radius 1 is 1.26 bits per heavy atom. The molecule has 5 N–H and O–H groups in total. The van der Waals surface area contributed by atoms with Crippen molar-refractivity contribution in [3.63, 3.8) is 0 Å². The molecule has 0 aliphatic carbocycles. The molecule has 2 atom stereocenters. The number of anilines is 1. The Bertz CT molecular complexity index is 1430. The molecule has 2 aliphatic heterocycles. The van der Waals surface area contributed by atoms with Gasteiger partial charge >= 0.3 is 5.97 Å². The number of halogens is 3. The first-order valence-corrected chi connectivity index (χ1v) is 13.6. The Morgan fingerprint density at radius 2 is 2.02 bits per heavy atom. The second-order valence-electron chi connectivity index (χ2n) is 9.94. The zero-order valence-electron chi connectivity index (χ0n) is 22.4. The van der Waals surface area contributed by atoms with Gasteiger partial charge in [0.05, 0.1) is 43.6 Å². The Balaban J connectivity index is 1.45. The molecule has 0 bridgehead atoms. The highest BCUT2D eigenvalue weighted by Crippen LogP contribution is 2.39. The van der Waals surface area contributed by atoms with Gasteiger partial charge in [0.15, 0.2) is 5.96 Å². The third-order valence-corrected chi connectivity index (χ3v) is 7.18.